The minimum Gasteiger partial charge on any atom is -0.365 e. The van der Waals surface area contributed by atoms with Gasteiger partial charge in [-0.3, -0.25) is 4.79 Å². The van der Waals surface area contributed by atoms with Crippen LogP contribution in [0.25, 0.3) is 0 Å². The molecule has 3 heterocycles. The minimum absolute atomic E-state index is 0.0175. The normalized spacial score (nSPS) is 21.5. The molecule has 6 N–H and O–H groups in total. The lowest BCUT2D eigenvalue weighted by atomic mass is 9.91. The summed E-state index contributed by atoms with van der Waals surface area (Å²) in [5.41, 5.74) is 12.3. The zero-order valence-electron chi connectivity index (χ0n) is 17.6. The molecule has 0 spiro atoms. The second kappa shape index (κ2) is 9.47. The van der Waals surface area contributed by atoms with E-state index in [2.05, 4.69) is 25.5 Å². The fourth-order valence-corrected chi connectivity index (χ4v) is 4.29. The van der Waals surface area contributed by atoms with Crippen molar-refractivity contribution >= 4 is 29.0 Å². The third kappa shape index (κ3) is 5.04. The average molecular weight is 428 g/mol. The summed E-state index contributed by atoms with van der Waals surface area (Å²) in [6.45, 7) is 2.01. The summed E-state index contributed by atoms with van der Waals surface area (Å²) in [4.78, 5) is 23.0. The van der Waals surface area contributed by atoms with Gasteiger partial charge in [-0.25, -0.2) is 14.4 Å². The van der Waals surface area contributed by atoms with Gasteiger partial charge in [0, 0.05) is 25.2 Å². The maximum Gasteiger partial charge on any atom is 0.252 e. The van der Waals surface area contributed by atoms with Crippen molar-refractivity contribution in [1.29, 1.82) is 0 Å². The number of rotatable bonds is 6. The van der Waals surface area contributed by atoms with E-state index in [0.717, 1.165) is 50.7 Å². The Balaban J connectivity index is 1.55. The molecule has 0 bridgehead atoms. The van der Waals surface area contributed by atoms with Crippen LogP contribution in [0.4, 0.5) is 27.5 Å². The zero-order valence-corrected chi connectivity index (χ0v) is 17.6. The maximum atomic E-state index is 14.7. The monoisotopic (exact) mass is 427 g/mol. The quantitative estimate of drug-likeness (QED) is 0.559. The topological polar surface area (TPSA) is 122 Å². The summed E-state index contributed by atoms with van der Waals surface area (Å²) in [5, 5.41) is 6.19. The van der Waals surface area contributed by atoms with Crippen LogP contribution >= 0.6 is 0 Å². The molecule has 166 valence electrons. The van der Waals surface area contributed by atoms with Crippen LogP contribution in [-0.2, 0) is 0 Å². The Labute approximate surface area is 181 Å². The average Bonchev–Trinajstić information content (AvgIpc) is 2.78. The number of carbonyl (C=O) groups is 1. The molecule has 2 fully saturated rings. The molecular weight excluding hydrogens is 397 g/mol. The molecule has 1 saturated heterocycles. The van der Waals surface area contributed by atoms with E-state index in [-0.39, 0.29) is 29.3 Å². The number of hydrogen-bond acceptors (Lipinski definition) is 7. The predicted molar refractivity (Wildman–Crippen MR) is 120 cm³/mol. The van der Waals surface area contributed by atoms with E-state index in [4.69, 9.17) is 11.5 Å². The molecule has 1 amide bonds. The van der Waals surface area contributed by atoms with Crippen molar-refractivity contribution in [2.45, 2.75) is 57.0 Å². The number of primary amides is 1. The van der Waals surface area contributed by atoms with E-state index < -0.39 is 11.7 Å². The van der Waals surface area contributed by atoms with Crippen LogP contribution in [0.1, 0.15) is 55.3 Å². The van der Waals surface area contributed by atoms with Crippen molar-refractivity contribution in [3.8, 4) is 0 Å². The molecule has 0 radical (unpaired) electrons. The van der Waals surface area contributed by atoms with Gasteiger partial charge < -0.3 is 27.0 Å². The van der Waals surface area contributed by atoms with Gasteiger partial charge in [0.25, 0.3) is 5.91 Å². The largest absolute Gasteiger partial charge is 0.365 e. The van der Waals surface area contributed by atoms with Gasteiger partial charge in [0.15, 0.2) is 11.6 Å². The fraction of sp³-hybridized carbons (Fsp3) is 0.500. The summed E-state index contributed by atoms with van der Waals surface area (Å²) < 4.78 is 14.7. The molecule has 2 aromatic rings. The Morgan fingerprint density at radius 2 is 1.87 bits per heavy atom. The Bertz CT molecular complexity index is 915. The second-order valence-corrected chi connectivity index (χ2v) is 8.36. The van der Waals surface area contributed by atoms with Crippen molar-refractivity contribution in [3.63, 3.8) is 0 Å². The molecule has 4 rings (SSSR count). The van der Waals surface area contributed by atoms with Crippen molar-refractivity contribution in [3.05, 3.63) is 35.8 Å². The lowest BCUT2D eigenvalue weighted by Crippen LogP contribution is -2.43. The van der Waals surface area contributed by atoms with Gasteiger partial charge in [-0.05, 0) is 50.3 Å². The second-order valence-electron chi connectivity index (χ2n) is 8.36. The number of nitrogens with two attached hydrogens (primary N) is 2. The highest BCUT2D eigenvalue weighted by molar-refractivity contribution is 5.98. The van der Waals surface area contributed by atoms with Gasteiger partial charge in [0.05, 0.1) is 17.4 Å². The minimum atomic E-state index is -0.757. The van der Waals surface area contributed by atoms with Crippen molar-refractivity contribution in [2.75, 3.05) is 28.6 Å². The molecule has 2 aliphatic rings. The molecule has 1 aliphatic carbocycles. The van der Waals surface area contributed by atoms with Crippen molar-refractivity contribution in [1.82, 2.24) is 9.97 Å². The third-order valence-corrected chi connectivity index (χ3v) is 6.07. The van der Waals surface area contributed by atoms with Crippen molar-refractivity contribution < 1.29 is 9.18 Å². The number of hydrogen-bond donors (Lipinski definition) is 4. The highest BCUT2D eigenvalue weighted by Gasteiger charge is 2.24. The molecule has 2 aromatic heterocycles. The first-order valence-corrected chi connectivity index (χ1v) is 11.0. The Morgan fingerprint density at radius 3 is 2.55 bits per heavy atom. The van der Waals surface area contributed by atoms with Gasteiger partial charge in [-0.1, -0.05) is 12.8 Å². The van der Waals surface area contributed by atoms with E-state index >= 15 is 0 Å². The first-order chi connectivity index (χ1) is 15.0. The SMILES string of the molecule is NC(=O)c1cc(F)c(N[C@@H]2CCCCC2N)nc1Nc1ccc(N2CCCCC2)nc1. The number of amides is 1. The van der Waals surface area contributed by atoms with E-state index in [0.29, 0.717) is 5.69 Å². The summed E-state index contributed by atoms with van der Waals surface area (Å²) in [7, 11) is 0. The number of pyridine rings is 2. The molecule has 8 nitrogen and oxygen atoms in total. The number of nitrogens with zero attached hydrogens (tertiary/aromatic N) is 3. The summed E-state index contributed by atoms with van der Waals surface area (Å²) in [5.74, 6) is -0.217. The molecule has 1 aliphatic heterocycles. The highest BCUT2D eigenvalue weighted by atomic mass is 19.1. The smallest absolute Gasteiger partial charge is 0.252 e. The predicted octanol–water partition coefficient (Wildman–Crippen LogP) is 3.13. The fourth-order valence-electron chi connectivity index (χ4n) is 4.29. The van der Waals surface area contributed by atoms with Gasteiger partial charge in [0.2, 0.25) is 0 Å². The highest BCUT2D eigenvalue weighted by Crippen LogP contribution is 2.27. The summed E-state index contributed by atoms with van der Waals surface area (Å²) >= 11 is 0. The Hall–Kier alpha value is -2.94. The van der Waals surface area contributed by atoms with Crippen molar-refractivity contribution in [2.24, 2.45) is 11.5 Å². The van der Waals surface area contributed by atoms with E-state index in [1.807, 2.05) is 12.1 Å². The number of aromatic nitrogens is 2. The van der Waals surface area contributed by atoms with Crippen LogP contribution < -0.4 is 27.0 Å². The van der Waals surface area contributed by atoms with E-state index in [1.165, 1.54) is 19.3 Å². The lowest BCUT2D eigenvalue weighted by molar-refractivity contribution is 0.100. The molecule has 1 unspecified atom stereocenters. The first-order valence-electron chi connectivity index (χ1n) is 11.0. The molecular formula is C22H30FN7O. The zero-order chi connectivity index (χ0) is 21.8. The Morgan fingerprint density at radius 1 is 1.10 bits per heavy atom. The molecule has 2 atom stereocenters. The van der Waals surface area contributed by atoms with Crippen LogP contribution in [0.15, 0.2) is 24.4 Å². The first kappa shape index (κ1) is 21.3. The number of nitrogens with one attached hydrogen (secondary N) is 2. The van der Waals surface area contributed by atoms with Gasteiger partial charge in [-0.2, -0.15) is 0 Å². The third-order valence-electron chi connectivity index (χ3n) is 6.07. The maximum absolute atomic E-state index is 14.7. The summed E-state index contributed by atoms with van der Waals surface area (Å²) in [6.07, 6.45) is 9.13. The molecule has 31 heavy (non-hydrogen) atoms. The Kier molecular flexibility index (Phi) is 6.50. The lowest BCUT2D eigenvalue weighted by Gasteiger charge is -2.30. The van der Waals surface area contributed by atoms with E-state index in [1.54, 1.807) is 6.20 Å². The number of piperidine rings is 1. The molecule has 1 saturated carbocycles. The van der Waals surface area contributed by atoms with Crippen LogP contribution in [0, 0.1) is 5.82 Å². The van der Waals surface area contributed by atoms with Gasteiger partial charge in [0.1, 0.15) is 11.6 Å². The van der Waals surface area contributed by atoms with Gasteiger partial charge >= 0.3 is 0 Å². The number of halogens is 1. The molecule has 9 heteroatoms. The van der Waals surface area contributed by atoms with E-state index in [9.17, 15) is 9.18 Å². The number of carbonyl (C=O) groups excluding carboxylic acids is 1. The van der Waals surface area contributed by atoms with Crippen LogP contribution in [0.2, 0.25) is 0 Å². The van der Waals surface area contributed by atoms with Crippen LogP contribution in [0.3, 0.4) is 0 Å². The van der Waals surface area contributed by atoms with Gasteiger partial charge in [-0.15, -0.1) is 0 Å². The summed E-state index contributed by atoms with van der Waals surface area (Å²) in [6, 6.07) is 4.80. The van der Waals surface area contributed by atoms with Crippen LogP contribution in [0.5, 0.6) is 0 Å². The number of anilines is 4. The molecule has 0 aromatic carbocycles. The standard InChI is InChI=1S/C22H30FN7O/c23-16-12-15(20(25)31)21(29-22(16)28-18-7-3-2-6-17(18)24)27-14-8-9-19(26-13-14)30-10-4-1-5-11-30/h8-9,12-13,17-18H,1-7,10-11,24H2,(H2,25,31)(H2,27,28,29)/t17?,18-/m1/s1. The van der Waals surface area contributed by atoms with Crippen LogP contribution in [-0.4, -0.2) is 41.0 Å².